The van der Waals surface area contributed by atoms with Gasteiger partial charge in [-0.25, -0.2) is 9.78 Å². The van der Waals surface area contributed by atoms with Crippen molar-refractivity contribution in [2.45, 2.75) is 84.3 Å². The van der Waals surface area contributed by atoms with Crippen LogP contribution in [0.3, 0.4) is 0 Å². The van der Waals surface area contributed by atoms with Crippen molar-refractivity contribution in [2.75, 3.05) is 20.3 Å². The lowest BCUT2D eigenvalue weighted by Crippen LogP contribution is -2.49. The van der Waals surface area contributed by atoms with Gasteiger partial charge in [0.1, 0.15) is 23.8 Å². The minimum atomic E-state index is -0.966. The fraction of sp³-hybridized carbons (Fsp3) is 0.486. The number of hydrogen-bond donors (Lipinski definition) is 2. The highest BCUT2D eigenvalue weighted by atomic mass is 16.6. The third-order valence-corrected chi connectivity index (χ3v) is 9.24. The van der Waals surface area contributed by atoms with Crippen molar-refractivity contribution >= 4 is 40.8 Å². The highest BCUT2D eigenvalue weighted by Gasteiger charge is 2.40. The molecule has 2 atom stereocenters. The number of likely N-dealkylation sites (tertiary alicyclic amines) is 1. The van der Waals surface area contributed by atoms with Crippen LogP contribution in [0.15, 0.2) is 42.5 Å². The zero-order valence-corrected chi connectivity index (χ0v) is 27.6. The van der Waals surface area contributed by atoms with Gasteiger partial charge in [0.15, 0.2) is 0 Å². The Hall–Kier alpha value is -3.60. The summed E-state index contributed by atoms with van der Waals surface area (Å²) in [6.07, 6.45) is 0.399. The summed E-state index contributed by atoms with van der Waals surface area (Å²) < 4.78 is 23.6. The molecule has 0 spiro atoms. The number of H-pyrrole nitrogens is 1. The number of imidazole rings is 1. The molecule has 9 nitrogen and oxygen atoms in total. The molecule has 3 aromatic carbocycles. The van der Waals surface area contributed by atoms with Gasteiger partial charge in [0, 0.05) is 30.5 Å². The average Bonchev–Trinajstić information content (AvgIpc) is 3.58. The molecule has 0 bridgehead atoms. The number of nitrogens with one attached hydrogen (secondary N) is 1. The number of amides is 1. The first-order chi connectivity index (χ1) is 21.1. The maximum absolute atomic E-state index is 13.2. The van der Waals surface area contributed by atoms with Crippen LogP contribution in [0.5, 0.6) is 5.75 Å². The smallest absolute Gasteiger partial charge is 0.410 e. The SMILES string of the molecule is COC[C@H]1C[C@@H](c2nc3ccc4cc5c(cc4c3[nH]2)OCc2cc(BOC(C)(C)C(C)(C)O)ccc2-5)N(C(=O)OC(C)(C)C)C1. The number of aromatic nitrogens is 2. The summed E-state index contributed by atoms with van der Waals surface area (Å²) >= 11 is 0. The van der Waals surface area contributed by atoms with Gasteiger partial charge in [0.05, 0.1) is 34.9 Å². The van der Waals surface area contributed by atoms with Crippen LogP contribution < -0.4 is 10.2 Å². The number of aromatic amines is 1. The van der Waals surface area contributed by atoms with E-state index < -0.39 is 16.8 Å². The highest BCUT2D eigenvalue weighted by molar-refractivity contribution is 6.47. The Kier molecular flexibility index (Phi) is 7.91. The minimum Gasteiger partial charge on any atom is -0.488 e. The van der Waals surface area contributed by atoms with Crippen molar-refractivity contribution < 1.29 is 28.8 Å². The first kappa shape index (κ1) is 31.4. The Labute approximate surface area is 265 Å². The summed E-state index contributed by atoms with van der Waals surface area (Å²) in [6.45, 7) is 14.5. The predicted molar refractivity (Wildman–Crippen MR) is 177 cm³/mol. The first-order valence-corrected chi connectivity index (χ1v) is 15.7. The Balaban J connectivity index is 1.31. The van der Waals surface area contributed by atoms with Crippen LogP contribution in [0.2, 0.25) is 0 Å². The van der Waals surface area contributed by atoms with Crippen LogP contribution >= 0.6 is 0 Å². The number of rotatable bonds is 7. The third kappa shape index (κ3) is 6.15. The quantitative estimate of drug-likeness (QED) is 0.255. The first-order valence-electron chi connectivity index (χ1n) is 15.7. The number of ether oxygens (including phenoxy) is 3. The standard InChI is InChI=1S/C35H44BN3O6/c1-33(2,3)44-32(40)39-17-20(18-42-8)13-28(39)31-37-27-12-9-21-15-26-24-11-10-23(36-45-35(6,7)34(4,5)41)14-22(24)19-43-29(26)16-25(21)30(27)38-31/h9-12,14-16,20,28,36,41H,13,17-19H2,1-8H3,(H,37,38)/t20-,28-/m0/s1. The molecule has 238 valence electrons. The van der Waals surface area contributed by atoms with Crippen LogP contribution in [0.25, 0.3) is 32.9 Å². The van der Waals surface area contributed by atoms with E-state index >= 15 is 0 Å². The van der Waals surface area contributed by atoms with E-state index in [9.17, 15) is 9.90 Å². The van der Waals surface area contributed by atoms with Crippen molar-refractivity contribution in [3.63, 3.8) is 0 Å². The molecule has 0 aliphatic carbocycles. The third-order valence-electron chi connectivity index (χ3n) is 9.24. The average molecular weight is 614 g/mol. The van der Waals surface area contributed by atoms with Gasteiger partial charge in [0.2, 0.25) is 0 Å². The molecule has 1 saturated heterocycles. The van der Waals surface area contributed by atoms with Gasteiger partial charge in [-0.05, 0) is 89.6 Å². The summed E-state index contributed by atoms with van der Waals surface area (Å²) in [6, 6.07) is 14.5. The Morgan fingerprint density at radius 2 is 1.87 bits per heavy atom. The van der Waals surface area contributed by atoms with Crippen LogP contribution in [0, 0.1) is 5.92 Å². The van der Waals surface area contributed by atoms with Crippen molar-refractivity contribution in [1.29, 1.82) is 0 Å². The monoisotopic (exact) mass is 613 g/mol. The number of aliphatic hydroxyl groups is 1. The lowest BCUT2D eigenvalue weighted by molar-refractivity contribution is -0.0893. The maximum atomic E-state index is 13.2. The Morgan fingerprint density at radius 1 is 1.09 bits per heavy atom. The molecule has 0 saturated carbocycles. The molecule has 45 heavy (non-hydrogen) atoms. The molecule has 1 aromatic heterocycles. The summed E-state index contributed by atoms with van der Waals surface area (Å²) in [4.78, 5) is 23.5. The zero-order valence-electron chi connectivity index (χ0n) is 27.6. The number of hydrogen-bond acceptors (Lipinski definition) is 7. The van der Waals surface area contributed by atoms with Crippen molar-refractivity contribution in [3.8, 4) is 16.9 Å². The van der Waals surface area contributed by atoms with Crippen LogP contribution in [0.1, 0.15) is 72.3 Å². The molecule has 2 aliphatic rings. The molecule has 10 heteroatoms. The molecule has 4 aromatic rings. The number of nitrogens with zero attached hydrogens (tertiary/aromatic N) is 2. The van der Waals surface area contributed by atoms with E-state index in [1.165, 1.54) is 0 Å². The van der Waals surface area contributed by atoms with Crippen LogP contribution in [0.4, 0.5) is 4.79 Å². The van der Waals surface area contributed by atoms with Gasteiger partial charge in [-0.1, -0.05) is 29.7 Å². The van der Waals surface area contributed by atoms with E-state index in [0.717, 1.165) is 62.0 Å². The van der Waals surface area contributed by atoms with E-state index in [-0.39, 0.29) is 18.1 Å². The second-order valence-electron chi connectivity index (χ2n) is 14.5. The van der Waals surface area contributed by atoms with Crippen LogP contribution in [-0.4, -0.2) is 70.6 Å². The second kappa shape index (κ2) is 11.3. The molecule has 0 radical (unpaired) electrons. The number of carbonyl (C=O) groups is 1. The topological polar surface area (TPSA) is 106 Å². The van der Waals surface area contributed by atoms with Gasteiger partial charge >= 0.3 is 13.6 Å². The van der Waals surface area contributed by atoms with Crippen LogP contribution in [-0.2, 0) is 20.7 Å². The Morgan fingerprint density at radius 3 is 2.58 bits per heavy atom. The maximum Gasteiger partial charge on any atom is 0.410 e. The molecule has 2 aliphatic heterocycles. The molecule has 1 fully saturated rings. The van der Waals surface area contributed by atoms with Gasteiger partial charge in [-0.3, -0.25) is 4.90 Å². The summed E-state index contributed by atoms with van der Waals surface area (Å²) in [7, 11) is 2.08. The second-order valence-corrected chi connectivity index (χ2v) is 14.5. The van der Waals surface area contributed by atoms with Gasteiger partial charge in [-0.2, -0.15) is 0 Å². The number of methoxy groups -OCH3 is 1. The van der Waals surface area contributed by atoms with E-state index in [4.69, 9.17) is 23.8 Å². The van der Waals surface area contributed by atoms with Gasteiger partial charge in [0.25, 0.3) is 0 Å². The summed E-state index contributed by atoms with van der Waals surface area (Å²) in [5.74, 6) is 1.76. The molecular formula is C35H44BN3O6. The van der Waals surface area contributed by atoms with E-state index in [1.54, 1.807) is 25.9 Å². The van der Waals surface area contributed by atoms with Crippen molar-refractivity contribution in [1.82, 2.24) is 14.9 Å². The molecule has 2 N–H and O–H groups in total. The lowest BCUT2D eigenvalue weighted by Gasteiger charge is -2.37. The van der Waals surface area contributed by atoms with Crippen molar-refractivity contribution in [3.05, 3.63) is 53.9 Å². The minimum absolute atomic E-state index is 0.193. The fourth-order valence-corrected chi connectivity index (χ4v) is 6.11. The fourth-order valence-electron chi connectivity index (χ4n) is 6.11. The zero-order chi connectivity index (χ0) is 32.3. The largest absolute Gasteiger partial charge is 0.488 e. The normalized spacial score (nSPS) is 18.6. The molecule has 1 amide bonds. The van der Waals surface area contributed by atoms with E-state index in [0.29, 0.717) is 27.2 Å². The van der Waals surface area contributed by atoms with Crippen molar-refractivity contribution in [2.24, 2.45) is 5.92 Å². The van der Waals surface area contributed by atoms with Gasteiger partial charge in [-0.15, -0.1) is 0 Å². The molecule has 0 unspecified atom stereocenters. The number of carbonyl (C=O) groups excluding carboxylic acids is 1. The molecule has 6 rings (SSSR count). The summed E-state index contributed by atoms with van der Waals surface area (Å²) in [5, 5.41) is 12.5. The molecular weight excluding hydrogens is 569 g/mol. The lowest BCUT2D eigenvalue weighted by atomic mass is 9.80. The van der Waals surface area contributed by atoms with E-state index in [1.807, 2.05) is 40.7 Å². The highest BCUT2D eigenvalue weighted by Crippen LogP contribution is 2.42. The summed E-state index contributed by atoms with van der Waals surface area (Å²) in [5.41, 5.74) is 3.82. The predicted octanol–water partition coefficient (Wildman–Crippen LogP) is 5.76. The number of fused-ring (bicyclic) bond motifs is 6. The van der Waals surface area contributed by atoms with E-state index in [2.05, 4.69) is 41.4 Å². The van der Waals surface area contributed by atoms with Gasteiger partial charge < -0.3 is 29.0 Å². The Bertz CT molecular complexity index is 1750. The number of benzene rings is 3. The molecule has 3 heterocycles.